The summed E-state index contributed by atoms with van der Waals surface area (Å²) in [6.07, 6.45) is -2.16. The second kappa shape index (κ2) is 3.75. The van der Waals surface area contributed by atoms with Gasteiger partial charge in [-0.2, -0.15) is 0 Å². The predicted molar refractivity (Wildman–Crippen MR) is 48.6 cm³/mol. The normalized spacial score (nSPS) is 50.1. The zero-order chi connectivity index (χ0) is 10.3. The lowest BCUT2D eigenvalue weighted by molar-refractivity contribution is -0.154. The molecule has 0 aromatic carbocycles. The van der Waals surface area contributed by atoms with Gasteiger partial charge in [-0.05, 0) is 12.8 Å². The standard InChI is InChI=1S/C9H17NO4/c11-5-1-2-10-4-7(12)9(14)8(13)6(10)3-5/h5-9,11-14H,1-4H2/t5-,6+,7-,8-,9-/m0/s1. The molecule has 5 nitrogen and oxygen atoms in total. The van der Waals surface area contributed by atoms with Gasteiger partial charge in [0.1, 0.15) is 6.10 Å². The number of aliphatic hydroxyl groups is 4. The maximum Gasteiger partial charge on any atom is 0.108 e. The molecule has 0 spiro atoms. The van der Waals surface area contributed by atoms with Crippen LogP contribution in [0.5, 0.6) is 0 Å². The van der Waals surface area contributed by atoms with Crippen molar-refractivity contribution in [3.8, 4) is 0 Å². The molecule has 82 valence electrons. The van der Waals surface area contributed by atoms with Gasteiger partial charge in [0.05, 0.1) is 18.3 Å². The lowest BCUT2D eigenvalue weighted by Gasteiger charge is -2.47. The first-order valence-corrected chi connectivity index (χ1v) is 5.06. The van der Waals surface area contributed by atoms with Crippen molar-refractivity contribution in [3.63, 3.8) is 0 Å². The fourth-order valence-corrected chi connectivity index (χ4v) is 2.41. The van der Waals surface area contributed by atoms with E-state index in [9.17, 15) is 20.4 Å². The highest BCUT2D eigenvalue weighted by Gasteiger charge is 2.43. The Kier molecular flexibility index (Phi) is 2.77. The van der Waals surface area contributed by atoms with E-state index in [-0.39, 0.29) is 6.04 Å². The van der Waals surface area contributed by atoms with Crippen molar-refractivity contribution in [1.29, 1.82) is 0 Å². The van der Waals surface area contributed by atoms with Crippen LogP contribution >= 0.6 is 0 Å². The average Bonchev–Trinajstić information content (AvgIpc) is 2.16. The van der Waals surface area contributed by atoms with E-state index in [4.69, 9.17) is 0 Å². The molecule has 0 saturated carbocycles. The number of fused-ring (bicyclic) bond motifs is 1. The fraction of sp³-hybridized carbons (Fsp3) is 1.00. The molecule has 0 unspecified atom stereocenters. The van der Waals surface area contributed by atoms with Gasteiger partial charge in [-0.3, -0.25) is 4.90 Å². The molecule has 0 bridgehead atoms. The minimum atomic E-state index is -1.08. The van der Waals surface area contributed by atoms with Crippen molar-refractivity contribution in [3.05, 3.63) is 0 Å². The first kappa shape index (κ1) is 10.3. The molecule has 0 amide bonds. The number of nitrogens with zero attached hydrogens (tertiary/aromatic N) is 1. The van der Waals surface area contributed by atoms with Gasteiger partial charge < -0.3 is 20.4 Å². The SMILES string of the molecule is O[C@H]1CCN2C[C@H](O)[C@H](O)[C@@H](O)[C@H]2C1. The van der Waals surface area contributed by atoms with Gasteiger partial charge in [-0.15, -0.1) is 0 Å². The molecule has 5 heteroatoms. The molecular weight excluding hydrogens is 186 g/mol. The van der Waals surface area contributed by atoms with Crippen molar-refractivity contribution in [1.82, 2.24) is 4.90 Å². The molecule has 2 fully saturated rings. The summed E-state index contributed by atoms with van der Waals surface area (Å²) in [5.74, 6) is 0. The molecule has 0 radical (unpaired) electrons. The number of hydrogen-bond donors (Lipinski definition) is 4. The lowest BCUT2D eigenvalue weighted by atomic mass is 9.86. The zero-order valence-electron chi connectivity index (χ0n) is 7.95. The molecule has 2 aliphatic rings. The zero-order valence-corrected chi connectivity index (χ0v) is 7.95. The molecule has 2 saturated heterocycles. The quantitative estimate of drug-likeness (QED) is 0.363. The summed E-state index contributed by atoms with van der Waals surface area (Å²) in [6, 6.07) is -0.211. The van der Waals surface area contributed by atoms with E-state index < -0.39 is 24.4 Å². The lowest BCUT2D eigenvalue weighted by Crippen LogP contribution is -2.63. The van der Waals surface area contributed by atoms with Gasteiger partial charge in [0.15, 0.2) is 0 Å². The van der Waals surface area contributed by atoms with Crippen LogP contribution in [0, 0.1) is 0 Å². The highest BCUT2D eigenvalue weighted by atomic mass is 16.4. The molecule has 2 heterocycles. The van der Waals surface area contributed by atoms with E-state index >= 15 is 0 Å². The van der Waals surface area contributed by atoms with E-state index in [1.165, 1.54) is 0 Å². The van der Waals surface area contributed by atoms with Gasteiger partial charge >= 0.3 is 0 Å². The molecule has 0 aromatic heterocycles. The first-order valence-electron chi connectivity index (χ1n) is 5.06. The largest absolute Gasteiger partial charge is 0.393 e. The van der Waals surface area contributed by atoms with Crippen LogP contribution in [0.3, 0.4) is 0 Å². The summed E-state index contributed by atoms with van der Waals surface area (Å²) < 4.78 is 0. The predicted octanol–water partition coefficient (Wildman–Crippen LogP) is -2.09. The third kappa shape index (κ3) is 1.66. The number of piperidine rings is 2. The molecule has 2 rings (SSSR count). The summed E-state index contributed by atoms with van der Waals surface area (Å²) in [7, 11) is 0. The Morgan fingerprint density at radius 3 is 2.43 bits per heavy atom. The maximum absolute atomic E-state index is 9.70. The van der Waals surface area contributed by atoms with Crippen LogP contribution in [0.2, 0.25) is 0 Å². The molecule has 0 aromatic rings. The average molecular weight is 203 g/mol. The third-order valence-corrected chi connectivity index (χ3v) is 3.29. The Bertz CT molecular complexity index is 211. The van der Waals surface area contributed by atoms with E-state index in [2.05, 4.69) is 0 Å². The Morgan fingerprint density at radius 1 is 1.00 bits per heavy atom. The van der Waals surface area contributed by atoms with Crippen LogP contribution in [0.15, 0.2) is 0 Å². The van der Waals surface area contributed by atoms with Crippen molar-refractivity contribution in [2.75, 3.05) is 13.1 Å². The summed E-state index contributed by atoms with van der Waals surface area (Å²) in [6.45, 7) is 1.06. The summed E-state index contributed by atoms with van der Waals surface area (Å²) in [5.41, 5.74) is 0. The number of rotatable bonds is 0. The van der Waals surface area contributed by atoms with E-state index in [1.807, 2.05) is 4.90 Å². The van der Waals surface area contributed by atoms with Crippen LogP contribution in [-0.2, 0) is 0 Å². The van der Waals surface area contributed by atoms with Crippen LogP contribution < -0.4 is 0 Å². The second-order valence-corrected chi connectivity index (χ2v) is 4.29. The smallest absolute Gasteiger partial charge is 0.108 e. The van der Waals surface area contributed by atoms with Gasteiger partial charge in [0.2, 0.25) is 0 Å². The van der Waals surface area contributed by atoms with Crippen molar-refractivity contribution in [2.45, 2.75) is 43.3 Å². The Labute approximate surface area is 82.6 Å². The Hall–Kier alpha value is -0.200. The van der Waals surface area contributed by atoms with E-state index in [0.717, 1.165) is 0 Å². The van der Waals surface area contributed by atoms with Crippen molar-refractivity contribution < 1.29 is 20.4 Å². The van der Waals surface area contributed by atoms with Gasteiger partial charge in [-0.1, -0.05) is 0 Å². The Balaban J connectivity index is 2.08. The molecule has 2 aliphatic heterocycles. The summed E-state index contributed by atoms with van der Waals surface area (Å²) in [4.78, 5) is 1.94. The van der Waals surface area contributed by atoms with Gasteiger partial charge in [-0.25, -0.2) is 0 Å². The first-order chi connectivity index (χ1) is 6.59. The van der Waals surface area contributed by atoms with Gasteiger partial charge in [0, 0.05) is 19.1 Å². The molecular formula is C9H17NO4. The molecule has 5 atom stereocenters. The molecule has 14 heavy (non-hydrogen) atoms. The summed E-state index contributed by atoms with van der Waals surface area (Å²) >= 11 is 0. The van der Waals surface area contributed by atoms with Crippen LogP contribution in [0.1, 0.15) is 12.8 Å². The van der Waals surface area contributed by atoms with Crippen LogP contribution in [-0.4, -0.2) is 68.9 Å². The summed E-state index contributed by atoms with van der Waals surface area (Å²) in [5, 5.41) is 38.0. The van der Waals surface area contributed by atoms with Gasteiger partial charge in [0.25, 0.3) is 0 Å². The second-order valence-electron chi connectivity index (χ2n) is 4.29. The fourth-order valence-electron chi connectivity index (χ4n) is 2.41. The van der Waals surface area contributed by atoms with Crippen molar-refractivity contribution in [2.24, 2.45) is 0 Å². The molecule has 4 N–H and O–H groups in total. The molecule has 0 aliphatic carbocycles. The number of hydrogen-bond acceptors (Lipinski definition) is 5. The Morgan fingerprint density at radius 2 is 1.71 bits per heavy atom. The minimum absolute atomic E-state index is 0.211. The van der Waals surface area contributed by atoms with Crippen molar-refractivity contribution >= 4 is 0 Å². The topological polar surface area (TPSA) is 84.2 Å². The monoisotopic (exact) mass is 203 g/mol. The van der Waals surface area contributed by atoms with E-state index in [0.29, 0.717) is 25.9 Å². The highest BCUT2D eigenvalue weighted by Crippen LogP contribution is 2.27. The maximum atomic E-state index is 9.70. The van der Waals surface area contributed by atoms with E-state index in [1.54, 1.807) is 0 Å². The highest BCUT2D eigenvalue weighted by molar-refractivity contribution is 4.97. The minimum Gasteiger partial charge on any atom is -0.393 e. The number of aliphatic hydroxyl groups excluding tert-OH is 4. The van der Waals surface area contributed by atoms with Crippen LogP contribution in [0.4, 0.5) is 0 Å². The third-order valence-electron chi connectivity index (χ3n) is 3.29. The van der Waals surface area contributed by atoms with Crippen LogP contribution in [0.25, 0.3) is 0 Å².